The molecule has 0 radical (unpaired) electrons. The average Bonchev–Trinajstić information content (AvgIpc) is 2.40. The minimum atomic E-state index is -0.964. The summed E-state index contributed by atoms with van der Waals surface area (Å²) in [6.45, 7) is 4.27. The third-order valence-electron chi connectivity index (χ3n) is 2.06. The van der Waals surface area contributed by atoms with Crippen LogP contribution in [0.5, 0.6) is 5.75 Å². The summed E-state index contributed by atoms with van der Waals surface area (Å²) >= 11 is 0. The number of hydrogen-bond donors (Lipinski definition) is 3. The highest BCUT2D eigenvalue weighted by molar-refractivity contribution is 5.68. The fourth-order valence-electron chi connectivity index (χ4n) is 1.27. The van der Waals surface area contributed by atoms with Gasteiger partial charge in [-0.2, -0.15) is 0 Å². The molecule has 0 bridgehead atoms. The molecule has 1 aromatic carbocycles. The molecule has 0 amide bonds. The second kappa shape index (κ2) is 8.55. The van der Waals surface area contributed by atoms with Crippen molar-refractivity contribution < 1.29 is 14.6 Å². The van der Waals surface area contributed by atoms with E-state index in [1.54, 1.807) is 24.3 Å². The van der Waals surface area contributed by atoms with E-state index < -0.39 is 5.97 Å². The van der Waals surface area contributed by atoms with Crippen molar-refractivity contribution in [2.24, 2.45) is 0 Å². The molecule has 0 atom stereocenters. The molecule has 5 heteroatoms. The van der Waals surface area contributed by atoms with Crippen molar-refractivity contribution in [1.82, 2.24) is 10.6 Å². The molecule has 1 saturated heterocycles. The van der Waals surface area contributed by atoms with E-state index in [0.29, 0.717) is 5.75 Å². The molecule has 94 valence electrons. The number of carboxylic acid groups (broad SMARTS) is 1. The molecule has 0 spiro atoms. The molecule has 1 aliphatic heterocycles. The zero-order valence-electron chi connectivity index (χ0n) is 9.69. The monoisotopic (exact) mass is 238 g/mol. The van der Waals surface area contributed by atoms with Crippen LogP contribution in [0.4, 0.5) is 0 Å². The molecule has 17 heavy (non-hydrogen) atoms. The van der Waals surface area contributed by atoms with Crippen LogP contribution in [0, 0.1) is 0 Å². The topological polar surface area (TPSA) is 70.6 Å². The summed E-state index contributed by atoms with van der Waals surface area (Å²) in [7, 11) is 0. The highest BCUT2D eigenvalue weighted by atomic mass is 16.5. The predicted octanol–water partition coefficient (Wildman–Crippen LogP) is 0.329. The van der Waals surface area contributed by atoms with Crippen molar-refractivity contribution in [3.8, 4) is 5.75 Å². The van der Waals surface area contributed by atoms with Gasteiger partial charge in [-0.3, -0.25) is 0 Å². The molecule has 0 aliphatic carbocycles. The Morgan fingerprint density at radius 1 is 1.12 bits per heavy atom. The van der Waals surface area contributed by atoms with Gasteiger partial charge >= 0.3 is 5.97 Å². The summed E-state index contributed by atoms with van der Waals surface area (Å²) in [6.07, 6.45) is 0. The number of rotatable bonds is 3. The molecular formula is C12H18N2O3. The molecule has 0 aromatic heterocycles. The number of carboxylic acids is 1. The molecule has 5 nitrogen and oxygen atoms in total. The van der Waals surface area contributed by atoms with E-state index in [2.05, 4.69) is 10.6 Å². The summed E-state index contributed by atoms with van der Waals surface area (Å²) < 4.78 is 4.87. The zero-order chi connectivity index (χ0) is 12.3. The van der Waals surface area contributed by atoms with Gasteiger partial charge in [-0.25, -0.2) is 4.79 Å². The molecule has 1 aliphatic rings. The zero-order valence-corrected chi connectivity index (χ0v) is 9.69. The van der Waals surface area contributed by atoms with Crippen molar-refractivity contribution in [1.29, 1.82) is 0 Å². The lowest BCUT2D eigenvalue weighted by Gasteiger charge is -2.11. The highest BCUT2D eigenvalue weighted by Crippen LogP contribution is 2.07. The van der Waals surface area contributed by atoms with Gasteiger partial charge in [0.2, 0.25) is 0 Å². The van der Waals surface area contributed by atoms with Crippen LogP contribution in [0.3, 0.4) is 0 Å². The quantitative estimate of drug-likeness (QED) is 0.708. The number of carbonyl (C=O) groups is 1. The Morgan fingerprint density at radius 3 is 2.06 bits per heavy atom. The molecule has 2 rings (SSSR count). The van der Waals surface area contributed by atoms with Crippen LogP contribution in [-0.4, -0.2) is 43.9 Å². The minimum Gasteiger partial charge on any atom is -0.482 e. The third-order valence-corrected chi connectivity index (χ3v) is 2.06. The van der Waals surface area contributed by atoms with E-state index in [1.807, 2.05) is 6.07 Å². The second-order valence-corrected chi connectivity index (χ2v) is 3.50. The largest absolute Gasteiger partial charge is 0.482 e. The summed E-state index contributed by atoms with van der Waals surface area (Å²) in [4.78, 5) is 10.0. The Hall–Kier alpha value is -1.59. The minimum absolute atomic E-state index is 0.288. The first-order valence-electron chi connectivity index (χ1n) is 5.60. The summed E-state index contributed by atoms with van der Waals surface area (Å²) in [5.41, 5.74) is 0. The van der Waals surface area contributed by atoms with E-state index in [1.165, 1.54) is 0 Å². The number of para-hydroxylation sites is 1. The number of piperazine rings is 1. The maximum atomic E-state index is 10.0. The van der Waals surface area contributed by atoms with E-state index in [4.69, 9.17) is 9.84 Å². The maximum Gasteiger partial charge on any atom is 0.341 e. The molecule has 1 heterocycles. The van der Waals surface area contributed by atoms with Gasteiger partial charge in [-0.05, 0) is 12.1 Å². The smallest absolute Gasteiger partial charge is 0.341 e. The van der Waals surface area contributed by atoms with Crippen molar-refractivity contribution in [2.45, 2.75) is 0 Å². The Labute approximate surface area is 101 Å². The Bertz CT molecular complexity index is 301. The fourth-order valence-corrected chi connectivity index (χ4v) is 1.27. The maximum absolute atomic E-state index is 10.0. The van der Waals surface area contributed by atoms with Gasteiger partial charge in [0.25, 0.3) is 0 Å². The molecule has 0 unspecified atom stereocenters. The van der Waals surface area contributed by atoms with Crippen molar-refractivity contribution >= 4 is 5.97 Å². The molecule has 1 aromatic rings. The van der Waals surface area contributed by atoms with E-state index in [-0.39, 0.29) is 6.61 Å². The number of aliphatic carboxylic acids is 1. The lowest BCUT2D eigenvalue weighted by atomic mass is 10.3. The summed E-state index contributed by atoms with van der Waals surface area (Å²) in [5.74, 6) is -0.385. The van der Waals surface area contributed by atoms with Crippen LogP contribution in [0.1, 0.15) is 0 Å². The van der Waals surface area contributed by atoms with Crippen LogP contribution in [-0.2, 0) is 4.79 Å². The van der Waals surface area contributed by atoms with Crippen molar-refractivity contribution in [3.05, 3.63) is 30.3 Å². The standard InChI is InChI=1S/C8H8O3.C4H10N2/c9-8(10)6-11-7-4-2-1-3-5-7;1-2-6-4-3-5-1/h1-5H,6H2,(H,9,10);5-6H,1-4H2. The molecule has 0 saturated carbocycles. The Balaban J connectivity index is 0.000000202. The van der Waals surface area contributed by atoms with Gasteiger partial charge in [0.05, 0.1) is 0 Å². The molecule has 1 fully saturated rings. The molecule has 3 N–H and O–H groups in total. The van der Waals surface area contributed by atoms with Gasteiger partial charge < -0.3 is 20.5 Å². The SMILES string of the molecule is C1CNCCN1.O=C(O)COc1ccccc1. The Kier molecular flexibility index (Phi) is 6.78. The first kappa shape index (κ1) is 13.5. The van der Waals surface area contributed by atoms with Crippen LogP contribution in [0.25, 0.3) is 0 Å². The third kappa shape index (κ3) is 7.32. The van der Waals surface area contributed by atoms with Crippen LogP contribution < -0.4 is 15.4 Å². The second-order valence-electron chi connectivity index (χ2n) is 3.50. The van der Waals surface area contributed by atoms with E-state index >= 15 is 0 Å². The highest BCUT2D eigenvalue weighted by Gasteiger charge is 1.96. The normalized spacial score (nSPS) is 14.4. The number of ether oxygens (including phenoxy) is 1. The number of benzene rings is 1. The van der Waals surface area contributed by atoms with Crippen molar-refractivity contribution in [3.63, 3.8) is 0 Å². The number of hydrogen-bond acceptors (Lipinski definition) is 4. The summed E-state index contributed by atoms with van der Waals surface area (Å²) in [6, 6.07) is 8.84. The Morgan fingerprint density at radius 2 is 1.65 bits per heavy atom. The average molecular weight is 238 g/mol. The number of nitrogens with one attached hydrogen (secondary N) is 2. The fraction of sp³-hybridized carbons (Fsp3) is 0.417. The van der Waals surface area contributed by atoms with Gasteiger partial charge in [-0.1, -0.05) is 18.2 Å². The molecular weight excluding hydrogens is 220 g/mol. The van der Waals surface area contributed by atoms with Crippen molar-refractivity contribution in [2.75, 3.05) is 32.8 Å². The van der Waals surface area contributed by atoms with E-state index in [0.717, 1.165) is 26.2 Å². The van der Waals surface area contributed by atoms with Gasteiger partial charge in [0.15, 0.2) is 6.61 Å². The lowest BCUT2D eigenvalue weighted by Crippen LogP contribution is -2.39. The lowest BCUT2D eigenvalue weighted by molar-refractivity contribution is -0.139. The van der Waals surface area contributed by atoms with Gasteiger partial charge in [0.1, 0.15) is 5.75 Å². The van der Waals surface area contributed by atoms with Crippen LogP contribution in [0.2, 0.25) is 0 Å². The van der Waals surface area contributed by atoms with Crippen LogP contribution in [0.15, 0.2) is 30.3 Å². The van der Waals surface area contributed by atoms with Gasteiger partial charge in [-0.15, -0.1) is 0 Å². The first-order chi connectivity index (χ1) is 8.29. The summed E-state index contributed by atoms with van der Waals surface area (Å²) in [5, 5.41) is 14.7. The van der Waals surface area contributed by atoms with Gasteiger partial charge in [0, 0.05) is 26.2 Å². The van der Waals surface area contributed by atoms with E-state index in [9.17, 15) is 4.79 Å². The predicted molar refractivity (Wildman–Crippen MR) is 65.3 cm³/mol. The van der Waals surface area contributed by atoms with Crippen LogP contribution >= 0.6 is 0 Å². The first-order valence-corrected chi connectivity index (χ1v) is 5.60.